The molecule has 0 bridgehead atoms. The number of carbonyl (C=O) groups is 4. The van der Waals surface area contributed by atoms with Crippen LogP contribution in [0.15, 0.2) is 77.6 Å². The fourth-order valence-corrected chi connectivity index (χ4v) is 8.72. The second-order valence-electron chi connectivity index (χ2n) is 13.9. The molecule has 4 aliphatic rings. The molecule has 1 fully saturated rings. The van der Waals surface area contributed by atoms with Crippen molar-refractivity contribution in [2.45, 2.75) is 35.2 Å². The summed E-state index contributed by atoms with van der Waals surface area (Å²) in [6.07, 6.45) is -3.33. The molecule has 0 heterocycles. The van der Waals surface area contributed by atoms with Gasteiger partial charge in [0.05, 0.1) is 40.5 Å². The Kier molecular flexibility index (Phi) is 7.81. The van der Waals surface area contributed by atoms with Crippen LogP contribution >= 0.6 is 0 Å². The van der Waals surface area contributed by atoms with Gasteiger partial charge in [-0.3, -0.25) is 24.6 Å². The van der Waals surface area contributed by atoms with E-state index in [0.29, 0.717) is 0 Å². The molecule has 272 valence electrons. The lowest BCUT2D eigenvalue weighted by Crippen LogP contribution is -2.87. The number of nitrogens with one attached hydrogen (secondary N) is 1. The maximum Gasteiger partial charge on any atom is 0.411 e. The number of phenols is 1. The number of nitrogens with zero attached hydrogens (tertiary/aromatic N) is 2. The van der Waals surface area contributed by atoms with E-state index in [0.717, 1.165) is 27.2 Å². The van der Waals surface area contributed by atoms with Gasteiger partial charge < -0.3 is 48.1 Å². The SMILES string of the molecule is CN(C)[C@@H]1C(=O)C(C(N)=O)=C(O)[C@@]2(C#N)C(=O)C3=C(O)c4c(ccc(NC(=O)OCC5c6ccccc6-c6ccccc65)c4O)[C@H](N)[C@@]3(N)[C@H](O)[C@@]12N. The van der Waals surface area contributed by atoms with Gasteiger partial charge >= 0.3 is 6.09 Å². The van der Waals surface area contributed by atoms with E-state index in [1.807, 2.05) is 48.5 Å². The van der Waals surface area contributed by atoms with Gasteiger partial charge in [-0.05, 0) is 48.0 Å². The molecule has 0 aromatic heterocycles. The van der Waals surface area contributed by atoms with E-state index >= 15 is 0 Å². The first-order chi connectivity index (χ1) is 25.0. The monoisotopic (exact) mass is 721 g/mol. The summed E-state index contributed by atoms with van der Waals surface area (Å²) in [6, 6.07) is 16.0. The van der Waals surface area contributed by atoms with E-state index in [1.165, 1.54) is 26.2 Å². The van der Waals surface area contributed by atoms with Gasteiger partial charge in [0.15, 0.2) is 17.0 Å². The molecular weight excluding hydrogens is 686 g/mol. The van der Waals surface area contributed by atoms with Crippen molar-refractivity contribution in [1.82, 2.24) is 4.90 Å². The molecule has 1 saturated carbocycles. The standard InChI is InChI=1S/C37H35N7O9/c1-44(2)29-27(47)23(32(40)50)30(48)35(14-38)31(49)24-26(46)22-19(28(39)36(24,41)33(51)37(29,35)42)11-12-21(25(22)45)43-34(52)53-13-20-17-9-5-3-7-15(17)16-8-4-6-10-18(16)20/h3-12,20,28-29,33,45-46,48,51H,13,39,41-42H2,1-2H3,(H2,40,50)(H,43,52)/t28-,29+,33-,35-,36+,37-/m0/s1. The van der Waals surface area contributed by atoms with Crippen molar-refractivity contribution in [3.05, 3.63) is 99.8 Å². The van der Waals surface area contributed by atoms with Crippen molar-refractivity contribution in [2.24, 2.45) is 28.3 Å². The van der Waals surface area contributed by atoms with Crippen molar-refractivity contribution >= 4 is 35.0 Å². The van der Waals surface area contributed by atoms with Gasteiger partial charge in [0.2, 0.25) is 0 Å². The first-order valence-corrected chi connectivity index (χ1v) is 16.3. The molecule has 0 radical (unpaired) electrons. The van der Waals surface area contributed by atoms with E-state index < -0.39 is 92.2 Å². The first-order valence-electron chi connectivity index (χ1n) is 16.3. The van der Waals surface area contributed by atoms with Crippen molar-refractivity contribution in [2.75, 3.05) is 26.0 Å². The Morgan fingerprint density at radius 2 is 1.55 bits per heavy atom. The second kappa shape index (κ2) is 11.7. The highest BCUT2D eigenvalue weighted by molar-refractivity contribution is 6.26. The maximum absolute atomic E-state index is 14.7. The molecule has 2 amide bonds. The van der Waals surface area contributed by atoms with E-state index in [4.69, 9.17) is 27.7 Å². The van der Waals surface area contributed by atoms with Crippen LogP contribution in [0.25, 0.3) is 16.9 Å². The molecule has 6 atom stereocenters. The van der Waals surface area contributed by atoms with Gasteiger partial charge in [0.25, 0.3) is 5.91 Å². The number of hydrogen-bond donors (Lipinski definition) is 9. The smallest absolute Gasteiger partial charge is 0.411 e. The third-order valence-corrected chi connectivity index (χ3v) is 11.1. The predicted molar refractivity (Wildman–Crippen MR) is 188 cm³/mol. The topological polar surface area (TPSA) is 302 Å². The molecular formula is C37H35N7O9. The number of primary amides is 1. The van der Waals surface area contributed by atoms with Crippen LogP contribution < -0.4 is 28.3 Å². The van der Waals surface area contributed by atoms with Crippen LogP contribution in [0.5, 0.6) is 5.75 Å². The lowest BCUT2D eigenvalue weighted by atomic mass is 9.45. The average molecular weight is 722 g/mol. The summed E-state index contributed by atoms with van der Waals surface area (Å²) in [5.41, 5.74) is 18.0. The van der Waals surface area contributed by atoms with Crippen LogP contribution in [0, 0.1) is 16.7 Å². The lowest BCUT2D eigenvalue weighted by Gasteiger charge is -2.62. The number of hydrogen-bond acceptors (Lipinski definition) is 14. The summed E-state index contributed by atoms with van der Waals surface area (Å²) in [7, 11) is 2.62. The number of likely N-dealkylation sites (N-methyl/N-ethyl adjacent to an activating group) is 1. The number of phenolic OH excluding ortho intramolecular Hbond substituents is 1. The molecule has 4 aliphatic carbocycles. The number of rotatable bonds is 5. The van der Waals surface area contributed by atoms with Gasteiger partial charge in [0.1, 0.15) is 41.1 Å². The number of nitriles is 1. The normalized spacial score (nSPS) is 28.8. The van der Waals surface area contributed by atoms with Crippen LogP contribution in [-0.4, -0.2) is 92.8 Å². The highest BCUT2D eigenvalue weighted by Gasteiger charge is 2.79. The summed E-state index contributed by atoms with van der Waals surface area (Å²) in [4.78, 5) is 55.0. The third kappa shape index (κ3) is 4.27. The number of nitrogens with two attached hydrogens (primary N) is 4. The predicted octanol–water partition coefficient (Wildman–Crippen LogP) is 0.695. The Morgan fingerprint density at radius 1 is 0.962 bits per heavy atom. The number of benzene rings is 3. The molecule has 3 aromatic carbocycles. The summed E-state index contributed by atoms with van der Waals surface area (Å²) in [5, 5.41) is 59.7. The quantitative estimate of drug-likeness (QED) is 0.129. The van der Waals surface area contributed by atoms with Crippen LogP contribution in [0.2, 0.25) is 0 Å². The van der Waals surface area contributed by atoms with Crippen LogP contribution in [0.3, 0.4) is 0 Å². The van der Waals surface area contributed by atoms with Crippen LogP contribution in [0.4, 0.5) is 10.5 Å². The van der Waals surface area contributed by atoms with E-state index in [2.05, 4.69) is 5.32 Å². The number of aliphatic hydroxyl groups is 3. The highest BCUT2D eigenvalue weighted by Crippen LogP contribution is 2.60. The lowest BCUT2D eigenvalue weighted by molar-refractivity contribution is -0.153. The fraction of sp³-hybridized carbons (Fsp3) is 0.270. The van der Waals surface area contributed by atoms with E-state index in [-0.39, 0.29) is 23.8 Å². The third-order valence-electron chi connectivity index (χ3n) is 11.1. The highest BCUT2D eigenvalue weighted by atomic mass is 16.5. The number of fused-ring (bicyclic) bond motifs is 6. The molecule has 16 heteroatoms. The van der Waals surface area contributed by atoms with E-state index in [1.54, 1.807) is 6.07 Å². The van der Waals surface area contributed by atoms with Crippen LogP contribution in [-0.2, 0) is 19.1 Å². The Balaban J connectivity index is 1.29. The van der Waals surface area contributed by atoms with Crippen molar-refractivity contribution in [3.8, 4) is 22.9 Å². The minimum Gasteiger partial charge on any atom is -0.509 e. The van der Waals surface area contributed by atoms with Gasteiger partial charge in [-0.25, -0.2) is 4.79 Å². The Morgan fingerprint density at radius 3 is 2.09 bits per heavy atom. The molecule has 0 aliphatic heterocycles. The largest absolute Gasteiger partial charge is 0.509 e. The Hall–Kier alpha value is -6.09. The second-order valence-corrected chi connectivity index (χ2v) is 13.9. The van der Waals surface area contributed by atoms with Crippen molar-refractivity contribution in [3.63, 3.8) is 0 Å². The van der Waals surface area contributed by atoms with Crippen molar-refractivity contribution in [1.29, 1.82) is 5.26 Å². The maximum atomic E-state index is 14.7. The Labute approximate surface area is 301 Å². The van der Waals surface area contributed by atoms with Crippen molar-refractivity contribution < 1.29 is 44.3 Å². The van der Waals surface area contributed by atoms with E-state index in [9.17, 15) is 44.9 Å². The van der Waals surface area contributed by atoms with Crippen LogP contribution in [0.1, 0.15) is 34.2 Å². The number of amides is 2. The number of Topliss-reactive ketones (excluding diaryl/α,β-unsaturated/α-hetero) is 2. The first kappa shape index (κ1) is 35.3. The minimum atomic E-state index is -3.13. The number of aromatic hydroxyl groups is 1. The number of ketones is 2. The zero-order valence-corrected chi connectivity index (χ0v) is 28.3. The molecule has 7 rings (SSSR count). The molecule has 0 spiro atoms. The number of anilines is 1. The molecule has 13 N–H and O–H groups in total. The number of carbonyl (C=O) groups excluding carboxylic acids is 4. The van der Waals surface area contributed by atoms with Gasteiger partial charge in [-0.1, -0.05) is 54.6 Å². The van der Waals surface area contributed by atoms with Gasteiger partial charge in [-0.15, -0.1) is 0 Å². The number of ether oxygens (including phenoxy) is 1. The van der Waals surface area contributed by atoms with Gasteiger partial charge in [0, 0.05) is 5.92 Å². The zero-order valence-electron chi connectivity index (χ0n) is 28.3. The summed E-state index contributed by atoms with van der Waals surface area (Å²) < 4.78 is 5.58. The molecule has 53 heavy (non-hydrogen) atoms. The average Bonchev–Trinajstić information content (AvgIpc) is 3.43. The summed E-state index contributed by atoms with van der Waals surface area (Å²) in [6.45, 7) is -0.0638. The minimum absolute atomic E-state index is 0.0638. The summed E-state index contributed by atoms with van der Waals surface area (Å²) in [5.74, 6) is -7.80. The fourth-order valence-electron chi connectivity index (χ4n) is 8.72. The Bertz CT molecular complexity index is 2250. The summed E-state index contributed by atoms with van der Waals surface area (Å²) >= 11 is 0. The molecule has 0 unspecified atom stereocenters. The number of aliphatic hydroxyl groups excluding tert-OH is 3. The zero-order chi connectivity index (χ0) is 38.5. The van der Waals surface area contributed by atoms with Gasteiger partial charge in [-0.2, -0.15) is 5.26 Å². The molecule has 16 nitrogen and oxygen atoms in total. The molecule has 3 aromatic rings. The molecule has 0 saturated heterocycles.